The molecule has 0 radical (unpaired) electrons. The molecule has 1 fully saturated rings. The highest BCUT2D eigenvalue weighted by molar-refractivity contribution is 8.14. The SMILES string of the molecule is O=C(O)Cc1ccc(Oc2ccc(CC3SC(=O)CCCC3=O)cc2)cc1. The second kappa shape index (κ2) is 8.86. The van der Waals surface area contributed by atoms with E-state index in [0.29, 0.717) is 42.7 Å². The summed E-state index contributed by atoms with van der Waals surface area (Å²) in [6, 6.07) is 14.4. The number of hydrogen-bond donors (Lipinski definition) is 1. The normalized spacial score (nSPS) is 17.4. The van der Waals surface area contributed by atoms with E-state index in [1.54, 1.807) is 24.3 Å². The molecule has 1 heterocycles. The van der Waals surface area contributed by atoms with Crippen LogP contribution in [-0.4, -0.2) is 27.2 Å². The van der Waals surface area contributed by atoms with E-state index in [9.17, 15) is 14.4 Å². The van der Waals surface area contributed by atoms with E-state index in [1.165, 1.54) is 0 Å². The van der Waals surface area contributed by atoms with Gasteiger partial charge < -0.3 is 9.84 Å². The van der Waals surface area contributed by atoms with Crippen LogP contribution in [-0.2, 0) is 27.2 Å². The highest BCUT2D eigenvalue weighted by atomic mass is 32.2. The molecule has 3 rings (SSSR count). The summed E-state index contributed by atoms with van der Waals surface area (Å²) in [5.41, 5.74) is 1.70. The highest BCUT2D eigenvalue weighted by Gasteiger charge is 2.25. The Kier molecular flexibility index (Phi) is 6.29. The van der Waals surface area contributed by atoms with Crippen molar-refractivity contribution in [1.82, 2.24) is 0 Å². The average molecular weight is 384 g/mol. The van der Waals surface area contributed by atoms with Crippen molar-refractivity contribution >= 4 is 28.6 Å². The minimum absolute atomic E-state index is 0.0185. The Bertz CT molecular complexity index is 827. The van der Waals surface area contributed by atoms with E-state index in [-0.39, 0.29) is 22.6 Å². The van der Waals surface area contributed by atoms with E-state index < -0.39 is 5.97 Å². The Hall–Kier alpha value is -2.60. The second-order valence-corrected chi connectivity index (χ2v) is 7.72. The van der Waals surface area contributed by atoms with Crippen molar-refractivity contribution in [3.63, 3.8) is 0 Å². The number of carboxylic acid groups (broad SMARTS) is 1. The lowest BCUT2D eigenvalue weighted by atomic mass is 10.0. The van der Waals surface area contributed by atoms with Gasteiger partial charge in [-0.25, -0.2) is 0 Å². The van der Waals surface area contributed by atoms with Gasteiger partial charge in [-0.05, 0) is 48.2 Å². The molecule has 2 aromatic rings. The van der Waals surface area contributed by atoms with Gasteiger partial charge in [0.05, 0.1) is 11.7 Å². The molecule has 1 aliphatic rings. The van der Waals surface area contributed by atoms with Gasteiger partial charge in [0.25, 0.3) is 0 Å². The zero-order valence-electron chi connectivity index (χ0n) is 14.7. The van der Waals surface area contributed by atoms with Crippen LogP contribution in [0.1, 0.15) is 30.4 Å². The summed E-state index contributed by atoms with van der Waals surface area (Å²) in [4.78, 5) is 34.6. The lowest BCUT2D eigenvalue weighted by molar-refractivity contribution is -0.136. The number of carboxylic acids is 1. The number of Topliss-reactive ketones (excluding diaryl/α,β-unsaturated/α-hetero) is 1. The first-order valence-corrected chi connectivity index (χ1v) is 9.67. The number of ketones is 1. The first kappa shape index (κ1) is 19.2. The lowest BCUT2D eigenvalue weighted by Crippen LogP contribution is -2.19. The van der Waals surface area contributed by atoms with Gasteiger partial charge >= 0.3 is 5.97 Å². The zero-order chi connectivity index (χ0) is 19.2. The van der Waals surface area contributed by atoms with E-state index in [0.717, 1.165) is 17.3 Å². The molecular formula is C21H20O5S. The molecule has 1 atom stereocenters. The summed E-state index contributed by atoms with van der Waals surface area (Å²) in [7, 11) is 0. The molecule has 1 unspecified atom stereocenters. The maximum atomic E-state index is 12.1. The number of carbonyl (C=O) groups is 3. The molecular weight excluding hydrogens is 364 g/mol. The number of benzene rings is 2. The maximum Gasteiger partial charge on any atom is 0.307 e. The van der Waals surface area contributed by atoms with Gasteiger partial charge in [-0.3, -0.25) is 14.4 Å². The fraction of sp³-hybridized carbons (Fsp3) is 0.286. The Labute approximate surface area is 161 Å². The summed E-state index contributed by atoms with van der Waals surface area (Å²) >= 11 is 1.16. The van der Waals surface area contributed by atoms with Crippen LogP contribution in [0.2, 0.25) is 0 Å². The molecule has 1 N–H and O–H groups in total. The largest absolute Gasteiger partial charge is 0.481 e. The average Bonchev–Trinajstić information content (AvgIpc) is 2.79. The minimum Gasteiger partial charge on any atom is -0.481 e. The van der Waals surface area contributed by atoms with E-state index >= 15 is 0 Å². The van der Waals surface area contributed by atoms with E-state index in [4.69, 9.17) is 9.84 Å². The minimum atomic E-state index is -0.869. The van der Waals surface area contributed by atoms with Gasteiger partial charge in [0.15, 0.2) is 5.12 Å². The third kappa shape index (κ3) is 5.69. The number of ether oxygens (including phenoxy) is 1. The third-order valence-electron chi connectivity index (χ3n) is 4.30. The number of carbonyl (C=O) groups excluding carboxylic acids is 2. The van der Waals surface area contributed by atoms with Crippen molar-refractivity contribution in [1.29, 1.82) is 0 Å². The molecule has 2 aromatic carbocycles. The first-order chi connectivity index (χ1) is 13.0. The van der Waals surface area contributed by atoms with Crippen LogP contribution >= 0.6 is 11.8 Å². The van der Waals surface area contributed by atoms with Gasteiger partial charge in [0, 0.05) is 12.8 Å². The van der Waals surface area contributed by atoms with Crippen molar-refractivity contribution in [2.24, 2.45) is 0 Å². The van der Waals surface area contributed by atoms with Gasteiger partial charge in [-0.15, -0.1) is 0 Å². The Morgan fingerprint density at radius 2 is 1.56 bits per heavy atom. The fourth-order valence-corrected chi connectivity index (χ4v) is 4.01. The molecule has 1 saturated heterocycles. The predicted molar refractivity (Wildman–Crippen MR) is 103 cm³/mol. The van der Waals surface area contributed by atoms with Gasteiger partial charge in [-0.1, -0.05) is 36.0 Å². The monoisotopic (exact) mass is 384 g/mol. The van der Waals surface area contributed by atoms with Gasteiger partial charge in [-0.2, -0.15) is 0 Å². The van der Waals surface area contributed by atoms with Crippen LogP contribution in [0.3, 0.4) is 0 Å². The molecule has 0 bridgehead atoms. The number of thioether (sulfide) groups is 1. The number of aliphatic carboxylic acids is 1. The summed E-state index contributed by atoms with van der Waals surface area (Å²) < 4.78 is 5.77. The van der Waals surface area contributed by atoms with Gasteiger partial charge in [0.1, 0.15) is 17.3 Å². The van der Waals surface area contributed by atoms with Crippen LogP contribution in [0.15, 0.2) is 48.5 Å². The number of rotatable bonds is 6. The molecule has 27 heavy (non-hydrogen) atoms. The second-order valence-electron chi connectivity index (χ2n) is 6.46. The first-order valence-electron chi connectivity index (χ1n) is 8.79. The topological polar surface area (TPSA) is 80.7 Å². The van der Waals surface area contributed by atoms with Gasteiger partial charge in [0.2, 0.25) is 0 Å². The molecule has 5 nitrogen and oxygen atoms in total. The standard InChI is InChI=1S/C21H20O5S/c22-18-2-1-3-21(25)27-19(18)12-14-4-8-16(9-5-14)26-17-10-6-15(7-11-17)13-20(23)24/h4-11,19H,1-3,12-13H2,(H,23,24). The molecule has 0 saturated carbocycles. The molecule has 0 amide bonds. The van der Waals surface area contributed by atoms with Crippen molar-refractivity contribution in [2.45, 2.75) is 37.4 Å². The Morgan fingerprint density at radius 3 is 2.15 bits per heavy atom. The molecule has 0 spiro atoms. The summed E-state index contributed by atoms with van der Waals surface area (Å²) in [6.45, 7) is 0. The fourth-order valence-electron chi connectivity index (χ4n) is 2.90. The Balaban J connectivity index is 1.60. The van der Waals surface area contributed by atoms with Crippen molar-refractivity contribution < 1.29 is 24.2 Å². The predicted octanol–water partition coefficient (Wildman–Crippen LogP) is 4.03. The summed E-state index contributed by atoms with van der Waals surface area (Å²) in [5, 5.41) is 8.59. The van der Waals surface area contributed by atoms with Crippen LogP contribution in [0.5, 0.6) is 11.5 Å². The summed E-state index contributed by atoms with van der Waals surface area (Å²) in [5.74, 6) is 0.552. The van der Waals surface area contributed by atoms with Crippen molar-refractivity contribution in [2.75, 3.05) is 0 Å². The highest BCUT2D eigenvalue weighted by Crippen LogP contribution is 2.27. The zero-order valence-corrected chi connectivity index (χ0v) is 15.5. The van der Waals surface area contributed by atoms with Crippen LogP contribution in [0, 0.1) is 0 Å². The molecule has 6 heteroatoms. The smallest absolute Gasteiger partial charge is 0.307 e. The Morgan fingerprint density at radius 1 is 0.963 bits per heavy atom. The van der Waals surface area contributed by atoms with Crippen LogP contribution in [0.25, 0.3) is 0 Å². The van der Waals surface area contributed by atoms with Crippen LogP contribution < -0.4 is 4.74 Å². The molecule has 140 valence electrons. The van der Waals surface area contributed by atoms with Crippen molar-refractivity contribution in [3.8, 4) is 11.5 Å². The quantitative estimate of drug-likeness (QED) is 0.810. The van der Waals surface area contributed by atoms with Crippen LogP contribution in [0.4, 0.5) is 0 Å². The third-order valence-corrected chi connectivity index (χ3v) is 5.48. The maximum absolute atomic E-state index is 12.1. The van der Waals surface area contributed by atoms with Crippen molar-refractivity contribution in [3.05, 3.63) is 59.7 Å². The lowest BCUT2D eigenvalue weighted by Gasteiger charge is -2.12. The molecule has 1 aliphatic heterocycles. The molecule has 0 aromatic heterocycles. The van der Waals surface area contributed by atoms with E-state index in [2.05, 4.69) is 0 Å². The van der Waals surface area contributed by atoms with E-state index in [1.807, 2.05) is 24.3 Å². The molecule has 0 aliphatic carbocycles. The number of hydrogen-bond acceptors (Lipinski definition) is 5. The summed E-state index contributed by atoms with van der Waals surface area (Å²) in [6.07, 6.45) is 2.13.